The lowest BCUT2D eigenvalue weighted by Crippen LogP contribution is -2.29. The highest BCUT2D eigenvalue weighted by atomic mass is 35.5. The predicted octanol–water partition coefficient (Wildman–Crippen LogP) is 4.67. The Bertz CT molecular complexity index is 1060. The molecule has 2 aromatic rings. The van der Waals surface area contributed by atoms with Gasteiger partial charge in [-0.2, -0.15) is 13.2 Å². The van der Waals surface area contributed by atoms with Crippen molar-refractivity contribution in [3.05, 3.63) is 70.1 Å². The van der Waals surface area contributed by atoms with Crippen LogP contribution in [0.15, 0.2) is 47.7 Å². The average molecular weight is 420 g/mol. The van der Waals surface area contributed by atoms with Gasteiger partial charge in [0.2, 0.25) is 0 Å². The Kier molecular flexibility index (Phi) is 4.74. The van der Waals surface area contributed by atoms with E-state index < -0.39 is 23.7 Å². The van der Waals surface area contributed by atoms with E-state index in [0.717, 1.165) is 11.1 Å². The van der Waals surface area contributed by atoms with Gasteiger partial charge in [-0.05, 0) is 36.6 Å². The summed E-state index contributed by atoms with van der Waals surface area (Å²) in [5.41, 5.74) is 1.24. The van der Waals surface area contributed by atoms with E-state index in [-0.39, 0.29) is 24.4 Å². The summed E-state index contributed by atoms with van der Waals surface area (Å²) in [6.07, 6.45) is -2.08. The summed E-state index contributed by atoms with van der Waals surface area (Å²) in [5, 5.41) is 0.257. The zero-order valence-electron chi connectivity index (χ0n) is 14.8. The molecule has 0 saturated heterocycles. The molecule has 2 aliphatic heterocycles. The Balaban J connectivity index is 1.61. The number of imide groups is 1. The number of allylic oxidation sites excluding steroid dienone is 1. The Morgan fingerprint density at radius 1 is 1.03 bits per heavy atom. The summed E-state index contributed by atoms with van der Waals surface area (Å²) in [4.78, 5) is 33.8. The molecule has 0 unspecified atom stereocenters. The third-order valence-electron chi connectivity index (χ3n) is 4.79. The molecule has 5 nitrogen and oxygen atoms in total. The number of rotatable bonds is 3. The highest BCUT2D eigenvalue weighted by Crippen LogP contribution is 2.33. The largest absolute Gasteiger partial charge is 0.429 e. The van der Waals surface area contributed by atoms with Crippen LogP contribution in [0.1, 0.15) is 44.8 Å². The summed E-state index contributed by atoms with van der Waals surface area (Å²) >= 11 is 6.18. The Hall–Kier alpha value is -3.00. The van der Waals surface area contributed by atoms with Gasteiger partial charge in [0.1, 0.15) is 5.71 Å². The molecule has 1 aromatic heterocycles. The molecule has 0 N–H and O–H groups in total. The van der Waals surface area contributed by atoms with Gasteiger partial charge in [0.05, 0.1) is 28.4 Å². The first-order valence-corrected chi connectivity index (χ1v) is 9.06. The van der Waals surface area contributed by atoms with E-state index in [9.17, 15) is 22.8 Å². The van der Waals surface area contributed by atoms with Crippen LogP contribution in [0.3, 0.4) is 0 Å². The van der Waals surface area contributed by atoms with Gasteiger partial charge in [0.15, 0.2) is 0 Å². The quantitative estimate of drug-likeness (QED) is 0.679. The number of benzene rings is 1. The van der Waals surface area contributed by atoms with Crippen LogP contribution >= 0.6 is 11.6 Å². The van der Waals surface area contributed by atoms with Gasteiger partial charge < -0.3 is 0 Å². The van der Waals surface area contributed by atoms with Crippen LogP contribution in [-0.4, -0.2) is 33.6 Å². The standard InChI is InChI=1S/C20H13ClF3N3O2/c21-16-9-25-12(7-15(16)11-5-6-17(26-8-11)20(22,23)24)10-27-18(28)13-3-1-2-4-14(13)19(27)29/h1-4,7-9H,5-6,10H2. The van der Waals surface area contributed by atoms with Crippen LogP contribution in [0.25, 0.3) is 5.57 Å². The van der Waals surface area contributed by atoms with Crippen molar-refractivity contribution < 1.29 is 22.8 Å². The number of nitrogens with zero attached hydrogens (tertiary/aromatic N) is 3. The zero-order chi connectivity index (χ0) is 20.8. The topological polar surface area (TPSA) is 62.6 Å². The first-order valence-electron chi connectivity index (χ1n) is 8.68. The van der Waals surface area contributed by atoms with E-state index in [4.69, 9.17) is 11.6 Å². The van der Waals surface area contributed by atoms with Crippen molar-refractivity contribution in [3.63, 3.8) is 0 Å². The van der Waals surface area contributed by atoms with Gasteiger partial charge in [-0.1, -0.05) is 23.7 Å². The van der Waals surface area contributed by atoms with E-state index in [2.05, 4.69) is 9.98 Å². The fourth-order valence-corrected chi connectivity index (χ4v) is 3.54. The SMILES string of the molecule is O=C1c2ccccc2C(=O)N1Cc1cc(C2=CN=C(C(F)(F)F)CC2)c(Cl)cn1. The average Bonchev–Trinajstić information content (AvgIpc) is 2.94. The monoisotopic (exact) mass is 419 g/mol. The molecule has 0 bridgehead atoms. The lowest BCUT2D eigenvalue weighted by Gasteiger charge is -2.18. The van der Waals surface area contributed by atoms with Gasteiger partial charge in [0.25, 0.3) is 11.8 Å². The molecular weight excluding hydrogens is 407 g/mol. The minimum atomic E-state index is -4.46. The Labute approximate surface area is 168 Å². The molecule has 0 spiro atoms. The highest BCUT2D eigenvalue weighted by molar-refractivity contribution is 6.32. The molecule has 3 heterocycles. The van der Waals surface area contributed by atoms with Crippen molar-refractivity contribution in [2.45, 2.75) is 25.6 Å². The molecule has 4 rings (SSSR count). The number of fused-ring (bicyclic) bond motifs is 1. The maximum atomic E-state index is 12.8. The van der Waals surface area contributed by atoms with Crippen LogP contribution < -0.4 is 0 Å². The van der Waals surface area contributed by atoms with Crippen LogP contribution in [0.5, 0.6) is 0 Å². The van der Waals surface area contributed by atoms with Crippen LogP contribution in [0.2, 0.25) is 5.02 Å². The third-order valence-corrected chi connectivity index (χ3v) is 5.09. The van der Waals surface area contributed by atoms with Gasteiger partial charge in [0, 0.05) is 18.0 Å². The molecule has 2 amide bonds. The lowest BCUT2D eigenvalue weighted by molar-refractivity contribution is -0.0605. The fraction of sp³-hybridized carbons (Fsp3) is 0.200. The fourth-order valence-electron chi connectivity index (χ4n) is 3.32. The molecule has 0 aliphatic carbocycles. The molecule has 29 heavy (non-hydrogen) atoms. The van der Waals surface area contributed by atoms with E-state index in [1.54, 1.807) is 30.3 Å². The molecule has 9 heteroatoms. The summed E-state index contributed by atoms with van der Waals surface area (Å²) < 4.78 is 38.3. The normalized spacial score (nSPS) is 16.6. The van der Waals surface area contributed by atoms with Crippen molar-refractivity contribution in [1.29, 1.82) is 0 Å². The minimum Gasteiger partial charge on any atom is -0.269 e. The predicted molar refractivity (Wildman–Crippen MR) is 101 cm³/mol. The molecule has 148 valence electrons. The van der Waals surface area contributed by atoms with Crippen molar-refractivity contribution in [2.24, 2.45) is 4.99 Å². The number of pyridine rings is 1. The van der Waals surface area contributed by atoms with E-state index in [0.29, 0.717) is 28.0 Å². The number of halogens is 4. The summed E-state index contributed by atoms with van der Waals surface area (Å²) in [5.74, 6) is -0.833. The number of aromatic nitrogens is 1. The summed E-state index contributed by atoms with van der Waals surface area (Å²) in [6, 6.07) is 8.10. The van der Waals surface area contributed by atoms with Gasteiger partial charge >= 0.3 is 6.18 Å². The number of aliphatic imine (C=N–C) groups is 1. The molecule has 0 atom stereocenters. The number of amides is 2. The van der Waals surface area contributed by atoms with Crippen LogP contribution in [-0.2, 0) is 6.54 Å². The molecule has 1 aromatic carbocycles. The van der Waals surface area contributed by atoms with E-state index >= 15 is 0 Å². The second-order valence-corrected chi connectivity index (χ2v) is 7.03. The molecule has 0 saturated carbocycles. The summed E-state index contributed by atoms with van der Waals surface area (Å²) in [7, 11) is 0. The second kappa shape index (κ2) is 7.11. The highest BCUT2D eigenvalue weighted by Gasteiger charge is 2.37. The Morgan fingerprint density at radius 2 is 1.69 bits per heavy atom. The smallest absolute Gasteiger partial charge is 0.269 e. The number of alkyl halides is 3. The van der Waals surface area contributed by atoms with Gasteiger partial charge in [-0.15, -0.1) is 0 Å². The number of carbonyl (C=O) groups excluding carboxylic acids is 2. The van der Waals surface area contributed by atoms with Gasteiger partial charge in [-0.3, -0.25) is 24.5 Å². The third kappa shape index (κ3) is 3.55. The first-order chi connectivity index (χ1) is 13.8. The minimum absolute atomic E-state index is 0.0686. The number of hydrogen-bond donors (Lipinski definition) is 0. The molecule has 2 aliphatic rings. The first kappa shape index (κ1) is 19.3. The van der Waals surface area contributed by atoms with Crippen LogP contribution in [0, 0.1) is 0 Å². The maximum absolute atomic E-state index is 12.8. The summed E-state index contributed by atoms with van der Waals surface area (Å²) in [6.45, 7) is -0.0686. The molecule has 0 radical (unpaired) electrons. The van der Waals surface area contributed by atoms with Crippen molar-refractivity contribution in [2.75, 3.05) is 0 Å². The van der Waals surface area contributed by atoms with Crippen molar-refractivity contribution >= 4 is 34.7 Å². The maximum Gasteiger partial charge on any atom is 0.429 e. The second-order valence-electron chi connectivity index (χ2n) is 6.63. The van der Waals surface area contributed by atoms with Crippen molar-refractivity contribution in [3.8, 4) is 0 Å². The van der Waals surface area contributed by atoms with E-state index in [1.165, 1.54) is 6.20 Å². The van der Waals surface area contributed by atoms with Gasteiger partial charge in [-0.25, -0.2) is 0 Å². The Morgan fingerprint density at radius 3 is 2.24 bits per heavy atom. The van der Waals surface area contributed by atoms with Crippen LogP contribution in [0.4, 0.5) is 13.2 Å². The molecule has 0 fully saturated rings. The lowest BCUT2D eigenvalue weighted by atomic mass is 9.98. The number of hydrogen-bond acceptors (Lipinski definition) is 4. The number of carbonyl (C=O) groups is 2. The van der Waals surface area contributed by atoms with E-state index in [1.807, 2.05) is 0 Å². The van der Waals surface area contributed by atoms with Crippen molar-refractivity contribution in [1.82, 2.24) is 9.88 Å². The molecular formula is C20H13ClF3N3O2. The zero-order valence-corrected chi connectivity index (χ0v) is 15.6.